The van der Waals surface area contributed by atoms with Crippen molar-refractivity contribution in [2.45, 2.75) is 79.1 Å². The number of carboxylic acids is 1. The molecule has 0 unspecified atom stereocenters. The molecule has 1 fully saturated rings. The van der Waals surface area contributed by atoms with E-state index >= 15 is 0 Å². The van der Waals surface area contributed by atoms with Crippen LogP contribution in [0.2, 0.25) is 0 Å². The average molecular weight is 609 g/mol. The first-order chi connectivity index (χ1) is 21.0. The SMILES string of the molecule is C=CCCC(=O)C(=C)C1CCCCC1.CC(C)(CCOc1ccccc1)C(=O)O.CC(C)C(=O)OCCOc1ccccc1. The van der Waals surface area contributed by atoms with Gasteiger partial charge < -0.3 is 19.3 Å². The lowest BCUT2D eigenvalue weighted by molar-refractivity contribution is -0.148. The smallest absolute Gasteiger partial charge is 0.309 e. The normalized spacial score (nSPS) is 12.8. The summed E-state index contributed by atoms with van der Waals surface area (Å²) in [6, 6.07) is 18.8. The minimum atomic E-state index is -0.792. The second kappa shape index (κ2) is 21.8. The summed E-state index contributed by atoms with van der Waals surface area (Å²) in [4.78, 5) is 33.5. The van der Waals surface area contributed by atoms with E-state index in [0.717, 1.165) is 23.5 Å². The molecule has 2 aromatic carbocycles. The molecule has 0 aliphatic heterocycles. The molecule has 2 aromatic rings. The summed E-state index contributed by atoms with van der Waals surface area (Å²) in [5.41, 5.74) is 0.140. The molecular formula is C37H52O7. The first-order valence-corrected chi connectivity index (χ1v) is 15.6. The molecule has 3 rings (SSSR count). The van der Waals surface area contributed by atoms with Crippen LogP contribution >= 0.6 is 0 Å². The number of allylic oxidation sites excluding steroid dienone is 2. The molecule has 1 N–H and O–H groups in total. The Morgan fingerprint density at radius 1 is 0.886 bits per heavy atom. The standard InChI is InChI=1S/C13H20O.2C12H16O3/c1-3-4-10-13(14)11(2)12-8-6-5-7-9-12;1-12(2,11(13)14)8-9-15-10-6-4-3-5-7-10;1-10(2)12(13)15-9-8-14-11-6-4-3-5-7-11/h3,12H,1-2,4-10H2;3-7H,8-9H2,1-2H3,(H,13,14);3-7,10H,8-9H2,1-2H3. The Balaban J connectivity index is 0.000000330. The maximum absolute atomic E-state index is 11.7. The number of esters is 1. The summed E-state index contributed by atoms with van der Waals surface area (Å²) < 4.78 is 15.7. The van der Waals surface area contributed by atoms with Crippen molar-refractivity contribution in [2.75, 3.05) is 19.8 Å². The maximum atomic E-state index is 11.7. The molecule has 0 atom stereocenters. The van der Waals surface area contributed by atoms with Crippen molar-refractivity contribution in [2.24, 2.45) is 17.3 Å². The third kappa shape index (κ3) is 16.7. The average Bonchev–Trinajstić information content (AvgIpc) is 3.03. The van der Waals surface area contributed by atoms with E-state index in [1.165, 1.54) is 32.1 Å². The highest BCUT2D eigenvalue weighted by molar-refractivity contribution is 5.95. The van der Waals surface area contributed by atoms with Gasteiger partial charge in [0.1, 0.15) is 24.7 Å². The highest BCUT2D eigenvalue weighted by Gasteiger charge is 2.26. The number of ether oxygens (including phenoxy) is 3. The molecular weight excluding hydrogens is 556 g/mol. The van der Waals surface area contributed by atoms with Gasteiger partial charge in [-0.25, -0.2) is 0 Å². The van der Waals surface area contributed by atoms with E-state index in [-0.39, 0.29) is 17.7 Å². The summed E-state index contributed by atoms with van der Waals surface area (Å²) in [6.45, 7) is 15.7. The van der Waals surface area contributed by atoms with E-state index in [1.54, 1.807) is 33.8 Å². The molecule has 0 saturated heterocycles. The number of hydrogen-bond acceptors (Lipinski definition) is 6. The van der Waals surface area contributed by atoms with Crippen LogP contribution in [0.3, 0.4) is 0 Å². The van der Waals surface area contributed by atoms with Gasteiger partial charge >= 0.3 is 11.9 Å². The van der Waals surface area contributed by atoms with Crippen LogP contribution in [-0.4, -0.2) is 42.6 Å². The number of para-hydroxylation sites is 2. The van der Waals surface area contributed by atoms with Crippen molar-refractivity contribution in [1.82, 2.24) is 0 Å². The predicted molar refractivity (Wildman–Crippen MR) is 176 cm³/mol. The topological polar surface area (TPSA) is 99.1 Å². The predicted octanol–water partition coefficient (Wildman–Crippen LogP) is 8.49. The van der Waals surface area contributed by atoms with E-state index in [9.17, 15) is 14.4 Å². The van der Waals surface area contributed by atoms with E-state index in [4.69, 9.17) is 19.3 Å². The Bertz CT molecular complexity index is 1120. The molecule has 44 heavy (non-hydrogen) atoms. The van der Waals surface area contributed by atoms with Crippen molar-refractivity contribution in [3.8, 4) is 11.5 Å². The van der Waals surface area contributed by atoms with Gasteiger partial charge in [0.2, 0.25) is 0 Å². The summed E-state index contributed by atoms with van der Waals surface area (Å²) in [7, 11) is 0. The fourth-order valence-electron chi connectivity index (χ4n) is 4.11. The van der Waals surface area contributed by atoms with E-state index < -0.39 is 11.4 Å². The van der Waals surface area contributed by atoms with Gasteiger partial charge in [0.25, 0.3) is 0 Å². The van der Waals surface area contributed by atoms with Gasteiger partial charge in [-0.2, -0.15) is 0 Å². The second-order valence-electron chi connectivity index (χ2n) is 11.7. The fourth-order valence-corrected chi connectivity index (χ4v) is 4.11. The molecule has 0 aromatic heterocycles. The number of carboxylic acid groups (broad SMARTS) is 1. The van der Waals surface area contributed by atoms with Crippen LogP contribution in [0.25, 0.3) is 0 Å². The second-order valence-corrected chi connectivity index (χ2v) is 11.7. The fraction of sp³-hybridized carbons (Fsp3) is 0.486. The van der Waals surface area contributed by atoms with Crippen molar-refractivity contribution in [3.63, 3.8) is 0 Å². The van der Waals surface area contributed by atoms with Gasteiger partial charge in [0.05, 0.1) is 17.9 Å². The molecule has 1 aliphatic rings. The van der Waals surface area contributed by atoms with Gasteiger partial charge in [-0.1, -0.05) is 82.2 Å². The van der Waals surface area contributed by atoms with Gasteiger partial charge in [-0.3, -0.25) is 14.4 Å². The Labute approximate surface area is 264 Å². The first kappa shape index (κ1) is 38.2. The molecule has 0 heterocycles. The van der Waals surface area contributed by atoms with Crippen molar-refractivity contribution < 1.29 is 33.7 Å². The zero-order chi connectivity index (χ0) is 32.8. The Kier molecular flexibility index (Phi) is 18.9. The Hall–Kier alpha value is -3.87. The number of aliphatic carboxylic acids is 1. The van der Waals surface area contributed by atoms with E-state index in [0.29, 0.717) is 38.6 Å². The van der Waals surface area contributed by atoms with Gasteiger partial charge in [-0.15, -0.1) is 6.58 Å². The quantitative estimate of drug-likeness (QED) is 0.0937. The van der Waals surface area contributed by atoms with E-state index in [1.807, 2.05) is 60.7 Å². The lowest BCUT2D eigenvalue weighted by Gasteiger charge is -2.22. The molecule has 242 valence electrons. The summed E-state index contributed by atoms with van der Waals surface area (Å²) >= 11 is 0. The lowest BCUT2D eigenvalue weighted by atomic mass is 9.82. The minimum Gasteiger partial charge on any atom is -0.494 e. The molecule has 1 aliphatic carbocycles. The molecule has 7 nitrogen and oxygen atoms in total. The number of ketones is 1. The largest absolute Gasteiger partial charge is 0.494 e. The zero-order valence-electron chi connectivity index (χ0n) is 27.1. The number of carbonyl (C=O) groups is 3. The Morgan fingerprint density at radius 2 is 1.41 bits per heavy atom. The van der Waals surface area contributed by atoms with Gasteiger partial charge in [0, 0.05) is 6.42 Å². The molecule has 0 radical (unpaired) electrons. The van der Waals surface area contributed by atoms with Gasteiger partial charge in [0.15, 0.2) is 5.78 Å². The van der Waals surface area contributed by atoms with Crippen LogP contribution < -0.4 is 9.47 Å². The Morgan fingerprint density at radius 3 is 1.89 bits per heavy atom. The third-order valence-electron chi connectivity index (χ3n) is 7.16. The highest BCUT2D eigenvalue weighted by atomic mass is 16.6. The summed E-state index contributed by atoms with van der Waals surface area (Å²) in [6.07, 6.45) is 9.85. The third-order valence-corrected chi connectivity index (χ3v) is 7.16. The van der Waals surface area contributed by atoms with Crippen molar-refractivity contribution >= 4 is 17.7 Å². The highest BCUT2D eigenvalue weighted by Crippen LogP contribution is 2.29. The van der Waals surface area contributed by atoms with E-state index in [2.05, 4.69) is 13.2 Å². The molecule has 0 bridgehead atoms. The molecule has 0 spiro atoms. The van der Waals surface area contributed by atoms with Crippen LogP contribution in [0.4, 0.5) is 0 Å². The minimum absolute atomic E-state index is 0.0817. The number of Topliss-reactive ketones (excluding diaryl/α,β-unsaturated/α-hetero) is 1. The molecule has 7 heteroatoms. The molecule has 1 saturated carbocycles. The number of hydrogen-bond donors (Lipinski definition) is 1. The molecule has 0 amide bonds. The number of carbonyl (C=O) groups excluding carboxylic acids is 2. The van der Waals surface area contributed by atoms with Crippen LogP contribution in [-0.2, 0) is 19.1 Å². The van der Waals surface area contributed by atoms with Crippen LogP contribution in [0, 0.1) is 17.3 Å². The van der Waals surface area contributed by atoms with Crippen LogP contribution in [0.15, 0.2) is 85.5 Å². The number of benzene rings is 2. The summed E-state index contributed by atoms with van der Waals surface area (Å²) in [5, 5.41) is 8.88. The summed E-state index contributed by atoms with van der Waals surface area (Å²) in [5.74, 6) is 1.22. The van der Waals surface area contributed by atoms with Crippen molar-refractivity contribution in [3.05, 3.63) is 85.5 Å². The van der Waals surface area contributed by atoms with Crippen molar-refractivity contribution in [1.29, 1.82) is 0 Å². The zero-order valence-corrected chi connectivity index (χ0v) is 27.1. The van der Waals surface area contributed by atoms with Crippen LogP contribution in [0.1, 0.15) is 79.1 Å². The number of rotatable bonds is 15. The van der Waals surface area contributed by atoms with Crippen LogP contribution in [0.5, 0.6) is 11.5 Å². The monoisotopic (exact) mass is 608 g/mol. The maximum Gasteiger partial charge on any atom is 0.309 e. The van der Waals surface area contributed by atoms with Gasteiger partial charge in [-0.05, 0) is 75.3 Å². The first-order valence-electron chi connectivity index (χ1n) is 15.6. The lowest BCUT2D eigenvalue weighted by Crippen LogP contribution is -2.25.